The second-order valence-electron chi connectivity index (χ2n) is 7.11. The number of para-hydroxylation sites is 2. The number of aryl methyl sites for hydroxylation is 1. The van der Waals surface area contributed by atoms with E-state index in [4.69, 9.17) is 4.74 Å². The maximum atomic E-state index is 12.2. The second kappa shape index (κ2) is 9.71. The summed E-state index contributed by atoms with van der Waals surface area (Å²) in [5.74, 6) is 0.450. The first-order valence-electron chi connectivity index (χ1n) is 10.2. The molecule has 1 N–H and O–H groups in total. The summed E-state index contributed by atoms with van der Waals surface area (Å²) in [4.78, 5) is 12.2. The van der Waals surface area contributed by atoms with Crippen LogP contribution in [0, 0.1) is 0 Å². The Morgan fingerprint density at radius 2 is 1.58 bits per heavy atom. The van der Waals surface area contributed by atoms with Gasteiger partial charge >= 0.3 is 0 Å². The van der Waals surface area contributed by atoms with Crippen molar-refractivity contribution >= 4 is 22.5 Å². The molecule has 0 unspecified atom stereocenters. The number of ether oxygens (including phenoxy) is 1. The highest BCUT2D eigenvalue weighted by Gasteiger charge is 2.16. The van der Waals surface area contributed by atoms with Gasteiger partial charge in [-0.05, 0) is 30.2 Å². The number of hydrogen-bond acceptors (Lipinski definition) is 4. The van der Waals surface area contributed by atoms with Crippen LogP contribution in [-0.2, 0) is 17.8 Å². The molecule has 156 valence electrons. The van der Waals surface area contributed by atoms with Crippen molar-refractivity contribution in [3.63, 3.8) is 0 Å². The Kier molecular flexibility index (Phi) is 6.38. The zero-order valence-corrected chi connectivity index (χ0v) is 17.0. The molecule has 1 heterocycles. The summed E-state index contributed by atoms with van der Waals surface area (Å²) in [6.07, 6.45) is 0.866. The number of carbonyl (C=O) groups is 1. The summed E-state index contributed by atoms with van der Waals surface area (Å²) in [6.45, 7) is 1.06. The van der Waals surface area contributed by atoms with Crippen LogP contribution in [0.25, 0.3) is 10.9 Å². The van der Waals surface area contributed by atoms with Gasteiger partial charge in [-0.15, -0.1) is 10.2 Å². The summed E-state index contributed by atoms with van der Waals surface area (Å²) >= 11 is 0. The average Bonchev–Trinajstić information content (AvgIpc) is 3.07. The van der Waals surface area contributed by atoms with Crippen molar-refractivity contribution in [1.82, 2.24) is 4.57 Å². The van der Waals surface area contributed by atoms with Crippen LogP contribution in [0.15, 0.2) is 95.2 Å². The Bertz CT molecular complexity index is 1180. The minimum atomic E-state index is -0.362. The number of carbonyl (C=O) groups excluding carboxylic acids is 1. The van der Waals surface area contributed by atoms with E-state index in [1.54, 1.807) is 4.57 Å². The Morgan fingerprint density at radius 1 is 0.903 bits per heavy atom. The largest absolute Gasteiger partial charge is 0.494 e. The zero-order chi connectivity index (χ0) is 21.5. The van der Waals surface area contributed by atoms with E-state index in [1.807, 2.05) is 84.9 Å². The molecule has 1 aromatic heterocycles. The molecule has 0 atom stereocenters. The first kappa shape index (κ1) is 20.3. The van der Waals surface area contributed by atoms with E-state index >= 15 is 0 Å². The maximum absolute atomic E-state index is 12.2. The minimum absolute atomic E-state index is 0.00262. The number of rotatable bonds is 8. The number of azo groups is 1. The lowest BCUT2D eigenvalue weighted by Gasteiger charge is -2.08. The van der Waals surface area contributed by atoms with Gasteiger partial charge in [0.05, 0.1) is 18.5 Å². The van der Waals surface area contributed by atoms with Crippen molar-refractivity contribution in [3.8, 4) is 11.6 Å². The van der Waals surface area contributed by atoms with Crippen LogP contribution >= 0.6 is 0 Å². The highest BCUT2D eigenvalue weighted by Crippen LogP contribution is 2.38. The highest BCUT2D eigenvalue weighted by atomic mass is 16.5. The van der Waals surface area contributed by atoms with Crippen molar-refractivity contribution in [1.29, 1.82) is 0 Å². The molecule has 0 fully saturated rings. The Hall–Kier alpha value is -3.93. The predicted octanol–water partition coefficient (Wildman–Crippen LogP) is 5.67. The van der Waals surface area contributed by atoms with E-state index in [1.165, 1.54) is 0 Å². The standard InChI is InChI=1S/C25H23N3O3/c29-23(18-19-10-3-1-4-11-19)26-27-24-21-14-7-8-15-22(21)28(25(24)30)16-9-17-31-20-12-5-2-6-13-20/h1-8,10-15,30H,9,16-18H2. The summed E-state index contributed by atoms with van der Waals surface area (Å²) in [7, 11) is 0. The lowest BCUT2D eigenvalue weighted by molar-refractivity contribution is -0.117. The van der Waals surface area contributed by atoms with Crippen LogP contribution < -0.4 is 4.74 Å². The lowest BCUT2D eigenvalue weighted by atomic mass is 10.1. The molecule has 0 aliphatic heterocycles. The molecular weight excluding hydrogens is 390 g/mol. The molecule has 1 amide bonds. The molecular formula is C25H23N3O3. The summed E-state index contributed by atoms with van der Waals surface area (Å²) in [5.41, 5.74) is 2.02. The van der Waals surface area contributed by atoms with Gasteiger partial charge in [0.15, 0.2) is 5.69 Å². The average molecular weight is 413 g/mol. The van der Waals surface area contributed by atoms with E-state index in [0.717, 1.165) is 22.2 Å². The molecule has 6 heteroatoms. The van der Waals surface area contributed by atoms with Gasteiger partial charge in [-0.25, -0.2) is 0 Å². The molecule has 6 nitrogen and oxygen atoms in total. The first-order valence-corrected chi connectivity index (χ1v) is 10.2. The summed E-state index contributed by atoms with van der Waals surface area (Å²) < 4.78 is 7.52. The van der Waals surface area contributed by atoms with Gasteiger partial charge in [0.1, 0.15) is 5.75 Å². The number of benzene rings is 3. The molecule has 0 aliphatic carbocycles. The number of amides is 1. The topological polar surface area (TPSA) is 76.2 Å². The van der Waals surface area contributed by atoms with Crippen molar-refractivity contribution in [2.45, 2.75) is 19.4 Å². The monoisotopic (exact) mass is 413 g/mol. The van der Waals surface area contributed by atoms with E-state index < -0.39 is 0 Å². The van der Waals surface area contributed by atoms with E-state index in [9.17, 15) is 9.90 Å². The van der Waals surface area contributed by atoms with E-state index in [0.29, 0.717) is 25.3 Å². The van der Waals surface area contributed by atoms with Crippen LogP contribution in [0.3, 0.4) is 0 Å². The molecule has 0 saturated heterocycles. The fraction of sp³-hybridized carbons (Fsp3) is 0.160. The van der Waals surface area contributed by atoms with Gasteiger partial charge in [-0.1, -0.05) is 66.7 Å². The third-order valence-corrected chi connectivity index (χ3v) is 4.92. The van der Waals surface area contributed by atoms with Gasteiger partial charge < -0.3 is 14.4 Å². The summed E-state index contributed by atoms with van der Waals surface area (Å²) in [5, 5.41) is 19.5. The molecule has 0 bridgehead atoms. The number of aromatic nitrogens is 1. The Balaban J connectivity index is 1.47. The van der Waals surface area contributed by atoms with Crippen molar-refractivity contribution in [2.75, 3.05) is 6.61 Å². The van der Waals surface area contributed by atoms with Crippen molar-refractivity contribution < 1.29 is 14.6 Å². The fourth-order valence-corrected chi connectivity index (χ4v) is 3.44. The van der Waals surface area contributed by atoms with Gasteiger partial charge in [-0.3, -0.25) is 4.79 Å². The lowest BCUT2D eigenvalue weighted by Crippen LogP contribution is -2.04. The van der Waals surface area contributed by atoms with Gasteiger partial charge in [-0.2, -0.15) is 0 Å². The normalized spacial score (nSPS) is 11.2. The van der Waals surface area contributed by atoms with Crippen molar-refractivity contribution in [3.05, 3.63) is 90.5 Å². The minimum Gasteiger partial charge on any atom is -0.494 e. The molecule has 4 aromatic rings. The van der Waals surface area contributed by atoms with Crippen molar-refractivity contribution in [2.24, 2.45) is 10.2 Å². The molecule has 0 spiro atoms. The van der Waals surface area contributed by atoms with Gasteiger partial charge in [0, 0.05) is 11.9 Å². The van der Waals surface area contributed by atoms with E-state index in [2.05, 4.69) is 10.2 Å². The SMILES string of the molecule is O=C(Cc1ccccc1)N=Nc1c(O)n(CCCOc2ccccc2)c2ccccc12. The van der Waals surface area contributed by atoms with Gasteiger partial charge in [0.25, 0.3) is 5.91 Å². The molecule has 31 heavy (non-hydrogen) atoms. The van der Waals surface area contributed by atoms with Crippen LogP contribution in [0.1, 0.15) is 12.0 Å². The third-order valence-electron chi connectivity index (χ3n) is 4.92. The molecule has 3 aromatic carbocycles. The predicted molar refractivity (Wildman–Crippen MR) is 120 cm³/mol. The first-order chi connectivity index (χ1) is 15.2. The summed E-state index contributed by atoms with van der Waals surface area (Å²) in [6, 6.07) is 26.6. The Labute approximate surface area is 180 Å². The fourth-order valence-electron chi connectivity index (χ4n) is 3.44. The maximum Gasteiger partial charge on any atom is 0.269 e. The smallest absolute Gasteiger partial charge is 0.269 e. The third kappa shape index (κ3) is 4.98. The number of aromatic hydroxyl groups is 1. The number of nitrogens with zero attached hydrogens (tertiary/aromatic N) is 3. The van der Waals surface area contributed by atoms with Crippen LogP contribution in [0.2, 0.25) is 0 Å². The zero-order valence-electron chi connectivity index (χ0n) is 17.0. The van der Waals surface area contributed by atoms with Crippen LogP contribution in [0.5, 0.6) is 11.6 Å². The molecule has 0 saturated carbocycles. The highest BCUT2D eigenvalue weighted by molar-refractivity contribution is 5.95. The van der Waals surface area contributed by atoms with Crippen LogP contribution in [-0.4, -0.2) is 22.2 Å². The Morgan fingerprint density at radius 3 is 2.35 bits per heavy atom. The van der Waals surface area contributed by atoms with Crippen LogP contribution in [0.4, 0.5) is 5.69 Å². The second-order valence-corrected chi connectivity index (χ2v) is 7.11. The number of fused-ring (bicyclic) bond motifs is 1. The van der Waals surface area contributed by atoms with E-state index in [-0.39, 0.29) is 18.2 Å². The molecule has 0 radical (unpaired) electrons. The van der Waals surface area contributed by atoms with Gasteiger partial charge in [0.2, 0.25) is 5.88 Å². The molecule has 4 rings (SSSR count). The number of hydrogen-bond donors (Lipinski definition) is 1. The molecule has 0 aliphatic rings. The quantitative estimate of drug-likeness (QED) is 0.299.